The van der Waals surface area contributed by atoms with Crippen LogP contribution in [0.1, 0.15) is 25.7 Å². The maximum absolute atomic E-state index is 12.0. The summed E-state index contributed by atoms with van der Waals surface area (Å²) in [6.07, 6.45) is 1.89. The predicted molar refractivity (Wildman–Crippen MR) is 67.6 cm³/mol. The number of alkyl halides is 1. The first-order chi connectivity index (χ1) is 8.13. The van der Waals surface area contributed by atoms with Gasteiger partial charge in [0.2, 0.25) is 0 Å². The zero-order valence-electron chi connectivity index (χ0n) is 9.13. The third kappa shape index (κ3) is 1.91. The van der Waals surface area contributed by atoms with Crippen LogP contribution in [0.3, 0.4) is 0 Å². The number of Topliss-reactive ketones (excluding diaryl/α,β-unsaturated/α-hetero) is 1. The van der Waals surface area contributed by atoms with E-state index in [1.165, 1.54) is 0 Å². The van der Waals surface area contributed by atoms with Gasteiger partial charge in [0, 0.05) is 17.9 Å². The van der Waals surface area contributed by atoms with E-state index in [4.69, 9.17) is 10.3 Å². The Bertz CT molecular complexity index is 398. The molecule has 2 aliphatic rings. The summed E-state index contributed by atoms with van der Waals surface area (Å²) in [5, 5.41) is 3.43. The van der Waals surface area contributed by atoms with Gasteiger partial charge >= 0.3 is 5.97 Å². The first kappa shape index (κ1) is 12.6. The van der Waals surface area contributed by atoms with Crippen LogP contribution in [0.5, 0.6) is 0 Å². The van der Waals surface area contributed by atoms with Gasteiger partial charge in [-0.1, -0.05) is 27.7 Å². The van der Waals surface area contributed by atoms with E-state index >= 15 is 0 Å². The van der Waals surface area contributed by atoms with E-state index in [0.717, 1.165) is 0 Å². The topological polar surface area (TPSA) is 92.1 Å². The van der Waals surface area contributed by atoms with Crippen molar-refractivity contribution in [2.75, 3.05) is 6.54 Å². The zero-order chi connectivity index (χ0) is 12.5. The Balaban J connectivity index is 2.15. The Labute approximate surface area is 112 Å². The summed E-state index contributed by atoms with van der Waals surface area (Å²) in [5.41, 5.74) is 7.21. The van der Waals surface area contributed by atoms with Crippen molar-refractivity contribution in [2.45, 2.75) is 35.7 Å². The minimum absolute atomic E-state index is 0.0170. The second-order valence-electron chi connectivity index (χ2n) is 4.34. The van der Waals surface area contributed by atoms with Gasteiger partial charge in [-0.2, -0.15) is 0 Å². The molecule has 2 rings (SSSR count). The molecule has 1 saturated carbocycles. The van der Waals surface area contributed by atoms with E-state index in [1.54, 1.807) is 0 Å². The third-order valence-corrected chi connectivity index (χ3v) is 5.33. The largest absolute Gasteiger partial charge is 0.460 e. The lowest BCUT2D eigenvalue weighted by Crippen LogP contribution is -2.46. The number of ether oxygens (including phenoxy) is 1. The third-order valence-electron chi connectivity index (χ3n) is 3.47. The first-order valence-corrected chi connectivity index (χ1v) is 6.77. The fourth-order valence-corrected chi connectivity index (χ4v) is 3.97. The molecule has 1 saturated heterocycles. The minimum Gasteiger partial charge on any atom is -0.460 e. The second-order valence-corrected chi connectivity index (χ2v) is 5.68. The smallest absolute Gasteiger partial charge is 0.321 e. The molecule has 0 unspecified atom stereocenters. The van der Waals surface area contributed by atoms with Crippen LogP contribution in [-0.2, 0) is 14.3 Å². The molecule has 17 heavy (non-hydrogen) atoms. The van der Waals surface area contributed by atoms with Gasteiger partial charge in [-0.05, 0) is 24.8 Å². The molecule has 1 aliphatic heterocycles. The molecular weight excluding hydrogens is 337 g/mol. The molecule has 2 bridgehead atoms. The van der Waals surface area contributed by atoms with Gasteiger partial charge in [0.15, 0.2) is 5.78 Å². The van der Waals surface area contributed by atoms with E-state index in [0.29, 0.717) is 32.2 Å². The van der Waals surface area contributed by atoms with Crippen LogP contribution in [0.2, 0.25) is 0 Å². The molecule has 0 N–H and O–H groups in total. The molecule has 6 nitrogen and oxygen atoms in total. The molecule has 0 spiro atoms. The molecule has 0 radical (unpaired) electrons. The monoisotopic (exact) mass is 349 g/mol. The van der Waals surface area contributed by atoms with Crippen LogP contribution in [-0.4, -0.2) is 28.3 Å². The molecular formula is C10H12IN3O3. The molecule has 0 aromatic carbocycles. The maximum Gasteiger partial charge on any atom is 0.321 e. The first-order valence-electron chi connectivity index (χ1n) is 5.52. The summed E-state index contributed by atoms with van der Waals surface area (Å²) in [6, 6.07) is 0. The van der Waals surface area contributed by atoms with Crippen molar-refractivity contribution in [1.82, 2.24) is 0 Å². The number of hydrogen-bond donors (Lipinski definition) is 0. The molecule has 0 aromatic heterocycles. The van der Waals surface area contributed by atoms with Crippen molar-refractivity contribution in [3.63, 3.8) is 0 Å². The average molecular weight is 349 g/mol. The Morgan fingerprint density at radius 1 is 1.59 bits per heavy atom. The molecule has 3 atom stereocenters. The van der Waals surface area contributed by atoms with Crippen molar-refractivity contribution < 1.29 is 14.3 Å². The fourth-order valence-electron chi connectivity index (χ4n) is 2.55. The zero-order valence-corrected chi connectivity index (χ0v) is 11.3. The summed E-state index contributed by atoms with van der Waals surface area (Å²) >= 11 is 2.15. The highest BCUT2D eigenvalue weighted by molar-refractivity contribution is 14.1. The van der Waals surface area contributed by atoms with Crippen LogP contribution in [0, 0.1) is 5.41 Å². The number of halogens is 1. The molecule has 1 aliphatic carbocycles. The Kier molecular flexibility index (Phi) is 3.58. The van der Waals surface area contributed by atoms with Crippen molar-refractivity contribution in [1.29, 1.82) is 0 Å². The summed E-state index contributed by atoms with van der Waals surface area (Å²) < 4.78 is 5.17. The predicted octanol–water partition coefficient (Wildman–Crippen LogP) is 2.16. The summed E-state index contributed by atoms with van der Waals surface area (Å²) in [7, 11) is 0. The van der Waals surface area contributed by atoms with Crippen LogP contribution in [0.15, 0.2) is 5.11 Å². The lowest BCUT2D eigenvalue weighted by molar-refractivity contribution is -0.151. The number of carbonyl (C=O) groups excluding carboxylic acids is 2. The van der Waals surface area contributed by atoms with Crippen LogP contribution < -0.4 is 0 Å². The number of nitrogens with zero attached hydrogens (tertiary/aromatic N) is 3. The van der Waals surface area contributed by atoms with Gasteiger partial charge in [-0.15, -0.1) is 0 Å². The van der Waals surface area contributed by atoms with Crippen LogP contribution in [0.4, 0.5) is 0 Å². The molecule has 92 valence electrons. The van der Waals surface area contributed by atoms with Gasteiger partial charge in [0.05, 0.1) is 3.92 Å². The van der Waals surface area contributed by atoms with E-state index in [-0.39, 0.29) is 21.8 Å². The van der Waals surface area contributed by atoms with Gasteiger partial charge in [0.1, 0.15) is 11.5 Å². The van der Waals surface area contributed by atoms with E-state index < -0.39 is 5.41 Å². The lowest BCUT2D eigenvalue weighted by atomic mass is 9.71. The van der Waals surface area contributed by atoms with Crippen LogP contribution >= 0.6 is 22.6 Å². The van der Waals surface area contributed by atoms with Gasteiger partial charge < -0.3 is 4.74 Å². The Hall–Kier alpha value is -0.820. The molecule has 0 aromatic rings. The normalized spacial score (nSPS) is 35.4. The van der Waals surface area contributed by atoms with Gasteiger partial charge in [0.25, 0.3) is 0 Å². The van der Waals surface area contributed by atoms with E-state index in [9.17, 15) is 9.59 Å². The van der Waals surface area contributed by atoms with Gasteiger partial charge in [-0.25, -0.2) is 0 Å². The SMILES string of the molecule is [N-]=[N+]=NCCC[C@@]12C(=O)CC[C@@H](OC1=O)[C@H]2I. The van der Waals surface area contributed by atoms with E-state index in [2.05, 4.69) is 32.6 Å². The second kappa shape index (κ2) is 4.81. The number of fused-ring (bicyclic) bond motifs is 2. The maximum atomic E-state index is 12.0. The van der Waals surface area contributed by atoms with Crippen molar-refractivity contribution in [2.24, 2.45) is 10.5 Å². The number of hydrogen-bond acceptors (Lipinski definition) is 4. The molecule has 2 fully saturated rings. The standard InChI is InChI=1S/C10H12IN3O3/c11-8-6-2-3-7(15)10(8,9(16)17-6)4-1-5-13-14-12/h6,8H,1-5H2/t6-,8-,10+/m1/s1. The number of azide groups is 1. The summed E-state index contributed by atoms with van der Waals surface area (Å²) in [6.45, 7) is 0.312. The summed E-state index contributed by atoms with van der Waals surface area (Å²) in [5.74, 6) is -0.401. The fraction of sp³-hybridized carbons (Fsp3) is 0.800. The summed E-state index contributed by atoms with van der Waals surface area (Å²) in [4.78, 5) is 26.6. The highest BCUT2D eigenvalue weighted by Crippen LogP contribution is 2.49. The average Bonchev–Trinajstić information content (AvgIpc) is 2.46. The van der Waals surface area contributed by atoms with Crippen LogP contribution in [0.25, 0.3) is 10.4 Å². The highest BCUT2D eigenvalue weighted by Gasteiger charge is 2.62. The highest BCUT2D eigenvalue weighted by atomic mass is 127. The van der Waals surface area contributed by atoms with Crippen molar-refractivity contribution >= 4 is 34.3 Å². The van der Waals surface area contributed by atoms with E-state index in [1.807, 2.05) is 0 Å². The lowest BCUT2D eigenvalue weighted by Gasteiger charge is -2.31. The van der Waals surface area contributed by atoms with Gasteiger partial charge in [-0.3, -0.25) is 9.59 Å². The minimum atomic E-state index is -0.978. The number of ketones is 1. The Morgan fingerprint density at radius 2 is 2.35 bits per heavy atom. The number of esters is 1. The Morgan fingerprint density at radius 3 is 3.06 bits per heavy atom. The van der Waals surface area contributed by atoms with Crippen molar-refractivity contribution in [3.05, 3.63) is 10.4 Å². The van der Waals surface area contributed by atoms with Crippen molar-refractivity contribution in [3.8, 4) is 0 Å². The molecule has 0 amide bonds. The number of rotatable bonds is 4. The number of carbonyl (C=O) groups is 2. The quantitative estimate of drug-likeness (QED) is 0.114. The molecule has 7 heteroatoms. The molecule has 1 heterocycles.